The summed E-state index contributed by atoms with van der Waals surface area (Å²) in [6.45, 7) is 0. The second kappa shape index (κ2) is 13.0. The van der Waals surface area contributed by atoms with Crippen molar-refractivity contribution >= 4 is 35.6 Å². The van der Waals surface area contributed by atoms with Gasteiger partial charge in [0, 0.05) is 26.3 Å². The van der Waals surface area contributed by atoms with Crippen molar-refractivity contribution in [1.82, 2.24) is 16.0 Å². The van der Waals surface area contributed by atoms with E-state index in [0.29, 0.717) is 0 Å². The molecule has 0 aromatic heterocycles. The number of nitrogens with two attached hydrogens (primary N) is 1. The molecule has 13 heteroatoms. The molecule has 0 aliphatic rings. The van der Waals surface area contributed by atoms with Crippen LogP contribution < -0.4 is 21.7 Å². The molecule has 0 saturated carbocycles. The molecule has 0 fully saturated rings. The lowest BCUT2D eigenvalue weighted by Gasteiger charge is -2.23. The van der Waals surface area contributed by atoms with Crippen LogP contribution in [0.25, 0.3) is 0 Å². The van der Waals surface area contributed by atoms with Gasteiger partial charge in [0.25, 0.3) is 0 Å². The van der Waals surface area contributed by atoms with Crippen LogP contribution in [0, 0.1) is 0 Å². The molecule has 0 spiro atoms. The van der Waals surface area contributed by atoms with Crippen LogP contribution in [0.15, 0.2) is 0 Å². The largest absolute Gasteiger partial charge is 0.481 e. The van der Waals surface area contributed by atoms with E-state index in [1.54, 1.807) is 0 Å². The first kappa shape index (κ1) is 25.8. The molecule has 3 amide bonds. The minimum Gasteiger partial charge on any atom is -0.481 e. The summed E-state index contributed by atoms with van der Waals surface area (Å²) in [5, 5.41) is 33.0. The summed E-state index contributed by atoms with van der Waals surface area (Å²) in [6, 6.07) is -3.83. The SMILES string of the molecule is CNC(=O)[C@@H](CCC(=O)O)NC(=O)[C@@H](CCC(=O)O)NC(=O)[C@H](N)CCC(=O)O. The van der Waals surface area contributed by atoms with Crippen molar-refractivity contribution in [3.05, 3.63) is 0 Å². The maximum atomic E-state index is 12.5. The second-order valence-corrected chi connectivity index (χ2v) is 6.14. The molecule has 0 radical (unpaired) electrons. The molecule has 0 unspecified atom stereocenters. The number of carbonyl (C=O) groups excluding carboxylic acids is 3. The highest BCUT2D eigenvalue weighted by molar-refractivity contribution is 5.93. The molecule has 13 nitrogen and oxygen atoms in total. The number of carboxylic acids is 3. The molecular formula is C16H26N4O9. The molecule has 0 bridgehead atoms. The van der Waals surface area contributed by atoms with Gasteiger partial charge in [-0.15, -0.1) is 0 Å². The summed E-state index contributed by atoms with van der Waals surface area (Å²) in [6.07, 6.45) is -2.02. The first-order valence-electron chi connectivity index (χ1n) is 8.71. The zero-order valence-corrected chi connectivity index (χ0v) is 15.8. The highest BCUT2D eigenvalue weighted by Crippen LogP contribution is 2.04. The van der Waals surface area contributed by atoms with Crippen molar-refractivity contribution in [2.45, 2.75) is 56.7 Å². The van der Waals surface area contributed by atoms with Gasteiger partial charge in [0.1, 0.15) is 12.1 Å². The van der Waals surface area contributed by atoms with Crippen LogP contribution >= 0.6 is 0 Å². The second-order valence-electron chi connectivity index (χ2n) is 6.14. The number of aliphatic carboxylic acids is 3. The van der Waals surface area contributed by atoms with E-state index in [0.717, 1.165) is 0 Å². The normalized spacial score (nSPS) is 13.4. The standard InChI is InChI=1S/C16H26N4O9/c1-18-15(28)9(3-6-12(23)24)20-16(29)10(4-7-13(25)26)19-14(27)8(17)2-5-11(21)22/h8-10H,2-7,17H2,1H3,(H,18,28)(H,19,27)(H,20,29)(H,21,22)(H,23,24)(H,25,26)/t8-,9-,10-/m1/s1. The van der Waals surface area contributed by atoms with E-state index in [9.17, 15) is 28.8 Å². The van der Waals surface area contributed by atoms with E-state index in [-0.39, 0.29) is 25.7 Å². The number of carboxylic acid groups (broad SMARTS) is 3. The minimum atomic E-state index is -1.37. The van der Waals surface area contributed by atoms with Crippen LogP contribution in [-0.4, -0.2) is 76.1 Å². The molecule has 0 aliphatic carbocycles. The van der Waals surface area contributed by atoms with Gasteiger partial charge in [-0.25, -0.2) is 0 Å². The molecule has 164 valence electrons. The number of rotatable bonds is 14. The molecule has 3 atom stereocenters. The smallest absolute Gasteiger partial charge is 0.303 e. The zero-order valence-electron chi connectivity index (χ0n) is 15.8. The van der Waals surface area contributed by atoms with E-state index in [4.69, 9.17) is 21.1 Å². The van der Waals surface area contributed by atoms with Crippen LogP contribution in [0.3, 0.4) is 0 Å². The predicted octanol–water partition coefficient (Wildman–Crippen LogP) is -2.38. The van der Waals surface area contributed by atoms with Crippen molar-refractivity contribution in [1.29, 1.82) is 0 Å². The Kier molecular flexibility index (Phi) is 11.6. The maximum Gasteiger partial charge on any atom is 0.303 e. The quantitative estimate of drug-likeness (QED) is 0.158. The van der Waals surface area contributed by atoms with Gasteiger partial charge in [-0.3, -0.25) is 28.8 Å². The van der Waals surface area contributed by atoms with Crippen LogP contribution in [0.2, 0.25) is 0 Å². The van der Waals surface area contributed by atoms with Crippen LogP contribution in [0.4, 0.5) is 0 Å². The molecule has 8 N–H and O–H groups in total. The van der Waals surface area contributed by atoms with Crippen LogP contribution in [0.5, 0.6) is 0 Å². The van der Waals surface area contributed by atoms with Crippen LogP contribution in [0.1, 0.15) is 38.5 Å². The number of hydrogen-bond donors (Lipinski definition) is 7. The Balaban J connectivity index is 5.18. The molecule has 0 aliphatic heterocycles. The zero-order chi connectivity index (χ0) is 22.6. The van der Waals surface area contributed by atoms with Gasteiger partial charge in [0.05, 0.1) is 6.04 Å². The molecule has 0 heterocycles. The lowest BCUT2D eigenvalue weighted by molar-refractivity contribution is -0.140. The van der Waals surface area contributed by atoms with Gasteiger partial charge in [-0.1, -0.05) is 0 Å². The summed E-state index contributed by atoms with van der Waals surface area (Å²) < 4.78 is 0. The fourth-order valence-corrected chi connectivity index (χ4v) is 2.21. The van der Waals surface area contributed by atoms with Gasteiger partial charge in [-0.2, -0.15) is 0 Å². The average Bonchev–Trinajstić information content (AvgIpc) is 2.64. The van der Waals surface area contributed by atoms with E-state index >= 15 is 0 Å². The lowest BCUT2D eigenvalue weighted by atomic mass is 10.1. The van der Waals surface area contributed by atoms with Gasteiger partial charge < -0.3 is 37.0 Å². The average molecular weight is 418 g/mol. The van der Waals surface area contributed by atoms with E-state index in [2.05, 4.69) is 16.0 Å². The van der Waals surface area contributed by atoms with Crippen LogP contribution in [-0.2, 0) is 28.8 Å². The van der Waals surface area contributed by atoms with E-state index in [1.165, 1.54) is 7.05 Å². The Labute approximate surface area is 166 Å². The molecule has 0 aromatic carbocycles. The minimum absolute atomic E-state index is 0.200. The molecule has 0 rings (SSSR count). The van der Waals surface area contributed by atoms with Gasteiger partial charge >= 0.3 is 17.9 Å². The van der Waals surface area contributed by atoms with E-state index in [1.807, 2.05) is 0 Å². The number of hydrogen-bond acceptors (Lipinski definition) is 7. The van der Waals surface area contributed by atoms with Gasteiger partial charge in [0.15, 0.2) is 0 Å². The van der Waals surface area contributed by atoms with Crippen molar-refractivity contribution in [3.8, 4) is 0 Å². The van der Waals surface area contributed by atoms with Crippen molar-refractivity contribution in [3.63, 3.8) is 0 Å². The first-order valence-corrected chi connectivity index (χ1v) is 8.71. The number of carbonyl (C=O) groups is 6. The number of likely N-dealkylation sites (N-methyl/N-ethyl adjacent to an activating group) is 1. The monoisotopic (exact) mass is 418 g/mol. The fraction of sp³-hybridized carbons (Fsp3) is 0.625. The third-order valence-corrected chi connectivity index (χ3v) is 3.81. The van der Waals surface area contributed by atoms with Gasteiger partial charge in [-0.05, 0) is 19.3 Å². The Morgan fingerprint density at radius 1 is 0.690 bits per heavy atom. The fourth-order valence-electron chi connectivity index (χ4n) is 2.21. The first-order chi connectivity index (χ1) is 13.5. The summed E-state index contributed by atoms with van der Waals surface area (Å²) >= 11 is 0. The van der Waals surface area contributed by atoms with Crippen molar-refractivity contribution in [2.75, 3.05) is 7.05 Å². The predicted molar refractivity (Wildman–Crippen MR) is 96.5 cm³/mol. The Hall–Kier alpha value is -3.22. The highest BCUT2D eigenvalue weighted by atomic mass is 16.4. The molecule has 0 aromatic rings. The number of nitrogens with one attached hydrogen (secondary N) is 3. The summed E-state index contributed by atoms with van der Waals surface area (Å²) in [5.74, 6) is -6.02. The summed E-state index contributed by atoms with van der Waals surface area (Å²) in [4.78, 5) is 68.5. The van der Waals surface area contributed by atoms with Gasteiger partial charge in [0.2, 0.25) is 17.7 Å². The third kappa shape index (κ3) is 11.3. The van der Waals surface area contributed by atoms with Crippen molar-refractivity contribution in [2.24, 2.45) is 5.73 Å². The Bertz CT molecular complexity index is 638. The van der Waals surface area contributed by atoms with E-state index < -0.39 is 66.6 Å². The Morgan fingerprint density at radius 2 is 1.07 bits per heavy atom. The topological polar surface area (TPSA) is 225 Å². The Morgan fingerprint density at radius 3 is 1.48 bits per heavy atom. The number of amides is 3. The maximum absolute atomic E-state index is 12.5. The summed E-state index contributed by atoms with van der Waals surface area (Å²) in [7, 11) is 1.29. The third-order valence-electron chi connectivity index (χ3n) is 3.81. The molecule has 29 heavy (non-hydrogen) atoms. The lowest BCUT2D eigenvalue weighted by Crippen LogP contribution is -2.55. The van der Waals surface area contributed by atoms with Crippen molar-refractivity contribution < 1.29 is 44.1 Å². The summed E-state index contributed by atoms with van der Waals surface area (Å²) in [5.41, 5.74) is 5.57. The molecular weight excluding hydrogens is 392 g/mol. The highest BCUT2D eigenvalue weighted by Gasteiger charge is 2.28. The molecule has 0 saturated heterocycles.